The number of amides is 1. The summed E-state index contributed by atoms with van der Waals surface area (Å²) >= 11 is 0. The molecule has 3 rings (SSSR count). The topological polar surface area (TPSA) is 64.4 Å². The quantitative estimate of drug-likeness (QED) is 0.535. The molecule has 0 unspecified atom stereocenters. The molecule has 2 aromatic heterocycles. The lowest BCUT2D eigenvalue weighted by Crippen LogP contribution is -2.23. The maximum Gasteiger partial charge on any atom is 0.244 e. The van der Waals surface area contributed by atoms with Gasteiger partial charge < -0.3 is 14.5 Å². The predicted molar refractivity (Wildman–Crippen MR) is 92.6 cm³/mol. The van der Waals surface area contributed by atoms with Gasteiger partial charge in [-0.05, 0) is 36.8 Å². The summed E-state index contributed by atoms with van der Waals surface area (Å²) in [6, 6.07) is 13.3. The highest BCUT2D eigenvalue weighted by molar-refractivity contribution is 5.91. The summed E-state index contributed by atoms with van der Waals surface area (Å²) < 4.78 is 10.9. The number of benzene rings is 1. The first-order valence-corrected chi connectivity index (χ1v) is 7.79. The Hall–Kier alpha value is -3.08. The number of furan rings is 1. The lowest BCUT2D eigenvalue weighted by atomic mass is 10.2. The van der Waals surface area contributed by atoms with Crippen LogP contribution in [0.4, 0.5) is 0 Å². The van der Waals surface area contributed by atoms with Crippen molar-refractivity contribution in [1.29, 1.82) is 0 Å². The Labute approximate surface area is 140 Å². The highest BCUT2D eigenvalue weighted by atomic mass is 16.5. The number of carbonyl (C=O) groups excluding carboxylic acids is 1. The Kier molecular flexibility index (Phi) is 5.24. The standard InChI is InChI=1S/C19H18N2O3/c22-18(10-9-16-7-3-13-23-16)20-12-4-14-24-17-8-1-5-15-6-2-11-21-19(15)17/h1-3,5-11,13H,4,12,14H2,(H,20,22)/b10-9+. The fraction of sp³-hybridized carbons (Fsp3) is 0.158. The van der Waals surface area contributed by atoms with E-state index in [2.05, 4.69) is 10.3 Å². The third-order valence-electron chi connectivity index (χ3n) is 3.42. The maximum absolute atomic E-state index is 11.7. The van der Waals surface area contributed by atoms with Crippen molar-refractivity contribution >= 4 is 22.9 Å². The molecule has 0 saturated carbocycles. The molecule has 0 aliphatic carbocycles. The van der Waals surface area contributed by atoms with Crippen LogP contribution in [0.1, 0.15) is 12.2 Å². The number of para-hydroxylation sites is 1. The average Bonchev–Trinajstić information content (AvgIpc) is 3.13. The van der Waals surface area contributed by atoms with Crippen LogP contribution in [0.3, 0.4) is 0 Å². The Morgan fingerprint density at radius 2 is 2.12 bits per heavy atom. The molecule has 3 aromatic rings. The number of nitrogens with zero attached hydrogens (tertiary/aromatic N) is 1. The van der Waals surface area contributed by atoms with Crippen molar-refractivity contribution in [3.63, 3.8) is 0 Å². The first kappa shape index (κ1) is 15.8. The number of nitrogens with one attached hydrogen (secondary N) is 1. The van der Waals surface area contributed by atoms with E-state index in [9.17, 15) is 4.79 Å². The van der Waals surface area contributed by atoms with Crippen LogP contribution in [0, 0.1) is 0 Å². The summed E-state index contributed by atoms with van der Waals surface area (Å²) in [6.45, 7) is 1.05. The summed E-state index contributed by atoms with van der Waals surface area (Å²) in [5, 5.41) is 3.85. The van der Waals surface area contributed by atoms with Crippen molar-refractivity contribution in [1.82, 2.24) is 10.3 Å². The SMILES string of the molecule is O=C(/C=C/c1ccco1)NCCCOc1cccc2cccnc12. The molecular weight excluding hydrogens is 304 g/mol. The summed E-state index contributed by atoms with van der Waals surface area (Å²) in [7, 11) is 0. The maximum atomic E-state index is 11.7. The van der Waals surface area contributed by atoms with E-state index in [1.807, 2.05) is 30.3 Å². The van der Waals surface area contributed by atoms with Gasteiger partial charge >= 0.3 is 0 Å². The van der Waals surface area contributed by atoms with Crippen LogP contribution in [0.2, 0.25) is 0 Å². The first-order chi connectivity index (χ1) is 11.8. The number of pyridine rings is 1. The largest absolute Gasteiger partial charge is 0.491 e. The molecule has 1 N–H and O–H groups in total. The number of hydrogen-bond donors (Lipinski definition) is 1. The summed E-state index contributed by atoms with van der Waals surface area (Å²) in [5.74, 6) is 1.26. The minimum absolute atomic E-state index is 0.154. The average molecular weight is 322 g/mol. The van der Waals surface area contributed by atoms with Crippen LogP contribution in [-0.2, 0) is 4.79 Å². The fourth-order valence-electron chi connectivity index (χ4n) is 2.26. The van der Waals surface area contributed by atoms with Gasteiger partial charge in [0.05, 0.1) is 12.9 Å². The number of rotatable bonds is 7. The molecule has 0 atom stereocenters. The lowest BCUT2D eigenvalue weighted by molar-refractivity contribution is -0.116. The van der Waals surface area contributed by atoms with Crippen molar-refractivity contribution in [2.75, 3.05) is 13.2 Å². The van der Waals surface area contributed by atoms with Crippen molar-refractivity contribution in [3.8, 4) is 5.75 Å². The zero-order valence-corrected chi connectivity index (χ0v) is 13.1. The van der Waals surface area contributed by atoms with E-state index in [0.29, 0.717) is 25.3 Å². The lowest BCUT2D eigenvalue weighted by Gasteiger charge is -2.08. The summed E-state index contributed by atoms with van der Waals surface area (Å²) in [6.07, 6.45) is 7.11. The van der Waals surface area contributed by atoms with E-state index in [1.165, 1.54) is 6.08 Å². The van der Waals surface area contributed by atoms with Gasteiger partial charge in [-0.2, -0.15) is 0 Å². The number of hydrogen-bond acceptors (Lipinski definition) is 4. The molecule has 0 aliphatic heterocycles. The second-order valence-corrected chi connectivity index (χ2v) is 5.17. The molecule has 122 valence electrons. The molecule has 5 heteroatoms. The monoisotopic (exact) mass is 322 g/mol. The van der Waals surface area contributed by atoms with Crippen molar-refractivity contribution in [3.05, 3.63) is 66.8 Å². The number of aromatic nitrogens is 1. The Bertz CT molecular complexity index is 820. The summed E-state index contributed by atoms with van der Waals surface area (Å²) in [5.41, 5.74) is 0.852. The summed E-state index contributed by atoms with van der Waals surface area (Å²) in [4.78, 5) is 16.0. The van der Waals surface area contributed by atoms with Crippen molar-refractivity contribution < 1.29 is 13.9 Å². The van der Waals surface area contributed by atoms with E-state index in [0.717, 1.165) is 16.7 Å². The minimum atomic E-state index is -0.154. The Balaban J connectivity index is 1.41. The number of fused-ring (bicyclic) bond motifs is 1. The zero-order valence-electron chi connectivity index (χ0n) is 13.1. The van der Waals surface area contributed by atoms with Crippen LogP contribution in [0.15, 0.2) is 65.4 Å². The van der Waals surface area contributed by atoms with Crippen molar-refractivity contribution in [2.45, 2.75) is 6.42 Å². The molecular formula is C19H18N2O3. The van der Waals surface area contributed by atoms with Gasteiger partial charge in [0.25, 0.3) is 0 Å². The molecule has 1 amide bonds. The molecule has 0 aliphatic rings. The van der Waals surface area contributed by atoms with Gasteiger partial charge in [0.2, 0.25) is 5.91 Å². The van der Waals surface area contributed by atoms with Gasteiger partial charge in [-0.3, -0.25) is 9.78 Å². The zero-order chi connectivity index (χ0) is 16.6. The molecule has 5 nitrogen and oxygen atoms in total. The van der Waals surface area contributed by atoms with Crippen LogP contribution in [0.5, 0.6) is 5.75 Å². The first-order valence-electron chi connectivity index (χ1n) is 7.79. The minimum Gasteiger partial charge on any atom is -0.491 e. The van der Waals surface area contributed by atoms with Gasteiger partial charge in [0.1, 0.15) is 17.0 Å². The normalized spacial score (nSPS) is 11.0. The third kappa shape index (κ3) is 4.23. The van der Waals surface area contributed by atoms with Crippen LogP contribution >= 0.6 is 0 Å². The van der Waals surface area contributed by atoms with E-state index < -0.39 is 0 Å². The van der Waals surface area contributed by atoms with Gasteiger partial charge in [-0.25, -0.2) is 0 Å². The van der Waals surface area contributed by atoms with Crippen LogP contribution < -0.4 is 10.1 Å². The fourth-order valence-corrected chi connectivity index (χ4v) is 2.26. The van der Waals surface area contributed by atoms with E-state index in [4.69, 9.17) is 9.15 Å². The second kappa shape index (κ2) is 7.97. The van der Waals surface area contributed by atoms with E-state index >= 15 is 0 Å². The van der Waals surface area contributed by atoms with E-state index in [1.54, 1.807) is 30.7 Å². The Morgan fingerprint density at radius 1 is 1.21 bits per heavy atom. The highest BCUT2D eigenvalue weighted by Crippen LogP contribution is 2.22. The van der Waals surface area contributed by atoms with Crippen molar-refractivity contribution in [2.24, 2.45) is 0 Å². The molecule has 24 heavy (non-hydrogen) atoms. The van der Waals surface area contributed by atoms with Crippen LogP contribution in [-0.4, -0.2) is 24.0 Å². The number of carbonyl (C=O) groups is 1. The molecule has 0 bridgehead atoms. The highest BCUT2D eigenvalue weighted by Gasteiger charge is 2.02. The predicted octanol–water partition coefficient (Wildman–Crippen LogP) is 3.43. The Morgan fingerprint density at radius 3 is 3.00 bits per heavy atom. The number of ether oxygens (including phenoxy) is 1. The molecule has 0 saturated heterocycles. The van der Waals surface area contributed by atoms with Crippen LogP contribution in [0.25, 0.3) is 17.0 Å². The van der Waals surface area contributed by atoms with Gasteiger partial charge in [-0.15, -0.1) is 0 Å². The molecule has 0 spiro atoms. The van der Waals surface area contributed by atoms with Gasteiger partial charge in [-0.1, -0.05) is 18.2 Å². The second-order valence-electron chi connectivity index (χ2n) is 5.17. The van der Waals surface area contributed by atoms with E-state index in [-0.39, 0.29) is 5.91 Å². The smallest absolute Gasteiger partial charge is 0.244 e. The van der Waals surface area contributed by atoms with Gasteiger partial charge in [0.15, 0.2) is 0 Å². The molecule has 0 fully saturated rings. The third-order valence-corrected chi connectivity index (χ3v) is 3.42. The molecule has 1 aromatic carbocycles. The molecule has 2 heterocycles. The van der Waals surface area contributed by atoms with Gasteiger partial charge in [0, 0.05) is 24.2 Å². The molecule has 0 radical (unpaired) electrons.